The van der Waals surface area contributed by atoms with E-state index < -0.39 is 5.82 Å². The van der Waals surface area contributed by atoms with Gasteiger partial charge in [-0.1, -0.05) is 35.0 Å². The summed E-state index contributed by atoms with van der Waals surface area (Å²) in [7, 11) is 2.08. The van der Waals surface area contributed by atoms with Crippen LogP contribution in [0, 0.1) is 23.1 Å². The molecule has 1 saturated heterocycles. The van der Waals surface area contributed by atoms with Crippen LogP contribution < -0.4 is 11.5 Å². The van der Waals surface area contributed by atoms with E-state index in [4.69, 9.17) is 34.7 Å². The van der Waals surface area contributed by atoms with Crippen LogP contribution in [0.15, 0.2) is 24.3 Å². The number of aromatic nitrogens is 2. The molecule has 1 aromatic heterocycles. The fourth-order valence-corrected chi connectivity index (χ4v) is 3.97. The third-order valence-corrected chi connectivity index (χ3v) is 6.12. The van der Waals surface area contributed by atoms with E-state index in [2.05, 4.69) is 40.7 Å². The first-order valence-electron chi connectivity index (χ1n) is 9.39. The molecule has 2 heterocycles. The molecule has 4 rings (SSSR count). The van der Waals surface area contributed by atoms with Crippen LogP contribution in [-0.2, 0) is 0 Å². The molecule has 1 atom stereocenters. The summed E-state index contributed by atoms with van der Waals surface area (Å²) in [6, 6.07) is 6.42. The molecule has 0 amide bonds. The van der Waals surface area contributed by atoms with Crippen molar-refractivity contribution in [1.29, 1.82) is 0 Å². The Morgan fingerprint density at radius 3 is 2.67 bits per heavy atom. The zero-order valence-corrected chi connectivity index (χ0v) is 18.1. The Morgan fingerprint density at radius 1 is 1.20 bits per heavy atom. The molecular formula is C22H20Cl2FN5. The van der Waals surface area contributed by atoms with Gasteiger partial charge in [-0.3, -0.25) is 0 Å². The van der Waals surface area contributed by atoms with Gasteiger partial charge in [0.1, 0.15) is 5.82 Å². The number of nitrogens with two attached hydrogens (primary N) is 2. The monoisotopic (exact) mass is 443 g/mol. The molecule has 3 aromatic rings. The SMILES string of the molecule is CN1CCC(C)(C#Cc2cc3nc(-c4ccc(Cl)c(Cl)c4F)nc(N)c3cc2N)C1. The Morgan fingerprint density at radius 2 is 1.97 bits per heavy atom. The molecule has 0 spiro atoms. The summed E-state index contributed by atoms with van der Waals surface area (Å²) < 4.78 is 14.6. The average Bonchev–Trinajstić information content (AvgIpc) is 3.04. The van der Waals surface area contributed by atoms with Crippen LogP contribution in [0.4, 0.5) is 15.9 Å². The van der Waals surface area contributed by atoms with E-state index in [1.807, 2.05) is 0 Å². The minimum atomic E-state index is -0.698. The van der Waals surface area contributed by atoms with Gasteiger partial charge in [-0.15, -0.1) is 0 Å². The van der Waals surface area contributed by atoms with Crippen LogP contribution in [0.2, 0.25) is 10.0 Å². The summed E-state index contributed by atoms with van der Waals surface area (Å²) in [5.41, 5.74) is 14.0. The van der Waals surface area contributed by atoms with E-state index in [9.17, 15) is 4.39 Å². The molecular weight excluding hydrogens is 424 g/mol. The van der Waals surface area contributed by atoms with Gasteiger partial charge in [0.05, 0.1) is 21.1 Å². The Labute approximate surface area is 184 Å². The summed E-state index contributed by atoms with van der Waals surface area (Å²) in [5, 5.41) is 0.507. The molecule has 8 heteroatoms. The zero-order chi connectivity index (χ0) is 21.6. The number of nitrogens with zero attached hydrogens (tertiary/aromatic N) is 3. The van der Waals surface area contributed by atoms with Crippen molar-refractivity contribution in [3.63, 3.8) is 0 Å². The molecule has 1 aliphatic rings. The van der Waals surface area contributed by atoms with Crippen molar-refractivity contribution in [2.75, 3.05) is 31.6 Å². The largest absolute Gasteiger partial charge is 0.398 e. The average molecular weight is 444 g/mol. The second kappa shape index (κ2) is 7.59. The lowest BCUT2D eigenvalue weighted by Gasteiger charge is -2.15. The number of halogens is 3. The molecule has 0 aliphatic carbocycles. The zero-order valence-electron chi connectivity index (χ0n) is 16.6. The highest BCUT2D eigenvalue weighted by Crippen LogP contribution is 2.34. The van der Waals surface area contributed by atoms with Crippen LogP contribution in [0.3, 0.4) is 0 Å². The first-order valence-corrected chi connectivity index (χ1v) is 10.1. The topological polar surface area (TPSA) is 81.1 Å². The summed E-state index contributed by atoms with van der Waals surface area (Å²) >= 11 is 11.8. The Hall–Kier alpha value is -2.59. The molecule has 1 aliphatic heterocycles. The van der Waals surface area contributed by atoms with E-state index in [-0.39, 0.29) is 32.7 Å². The molecule has 0 saturated carbocycles. The van der Waals surface area contributed by atoms with Gasteiger partial charge >= 0.3 is 0 Å². The third-order valence-electron chi connectivity index (χ3n) is 5.34. The van der Waals surface area contributed by atoms with E-state index in [0.717, 1.165) is 19.5 Å². The normalized spacial score (nSPS) is 19.1. The number of likely N-dealkylation sites (tertiary alicyclic amines) is 1. The number of rotatable bonds is 1. The number of nitrogen functional groups attached to an aromatic ring is 2. The predicted octanol–water partition coefficient (Wildman–Crippen LogP) is 4.60. The number of hydrogen-bond donors (Lipinski definition) is 2. The van der Waals surface area contributed by atoms with Crippen molar-refractivity contribution in [2.45, 2.75) is 13.3 Å². The van der Waals surface area contributed by atoms with Gasteiger partial charge in [0.15, 0.2) is 11.6 Å². The Balaban J connectivity index is 1.82. The molecule has 154 valence electrons. The van der Waals surface area contributed by atoms with Crippen LogP contribution >= 0.6 is 23.2 Å². The summed E-state index contributed by atoms with van der Waals surface area (Å²) in [5.74, 6) is 6.16. The minimum Gasteiger partial charge on any atom is -0.398 e. The third kappa shape index (κ3) is 3.77. The summed E-state index contributed by atoms with van der Waals surface area (Å²) in [6.07, 6.45) is 1.000. The Bertz CT molecular complexity index is 1230. The van der Waals surface area contributed by atoms with E-state index >= 15 is 0 Å². The second-order valence-electron chi connectivity index (χ2n) is 7.91. The predicted molar refractivity (Wildman–Crippen MR) is 121 cm³/mol. The van der Waals surface area contributed by atoms with Crippen molar-refractivity contribution in [3.05, 3.63) is 45.7 Å². The molecule has 1 fully saturated rings. The first kappa shape index (κ1) is 20.7. The fraction of sp³-hybridized carbons (Fsp3) is 0.273. The van der Waals surface area contributed by atoms with Crippen LogP contribution in [0.1, 0.15) is 18.9 Å². The number of anilines is 2. The highest BCUT2D eigenvalue weighted by Gasteiger charge is 2.30. The maximum atomic E-state index is 14.6. The van der Waals surface area contributed by atoms with Crippen LogP contribution in [0.25, 0.3) is 22.3 Å². The van der Waals surface area contributed by atoms with Crippen LogP contribution in [0.5, 0.6) is 0 Å². The summed E-state index contributed by atoms with van der Waals surface area (Å²) in [6.45, 7) is 4.07. The van der Waals surface area contributed by atoms with Gasteiger partial charge < -0.3 is 16.4 Å². The fourth-order valence-electron chi connectivity index (χ4n) is 3.66. The van der Waals surface area contributed by atoms with Crippen molar-refractivity contribution < 1.29 is 4.39 Å². The lowest BCUT2D eigenvalue weighted by atomic mass is 9.90. The highest BCUT2D eigenvalue weighted by atomic mass is 35.5. The number of fused-ring (bicyclic) bond motifs is 1. The van der Waals surface area contributed by atoms with Gasteiger partial charge in [-0.05, 0) is 51.2 Å². The van der Waals surface area contributed by atoms with Gasteiger partial charge in [0.25, 0.3) is 0 Å². The minimum absolute atomic E-state index is 0.0881. The van der Waals surface area contributed by atoms with E-state index in [1.165, 1.54) is 12.1 Å². The quantitative estimate of drug-likeness (QED) is 0.326. The maximum absolute atomic E-state index is 14.6. The first-order chi connectivity index (χ1) is 14.2. The number of benzene rings is 2. The molecule has 2 aromatic carbocycles. The van der Waals surface area contributed by atoms with Crippen molar-refractivity contribution in [3.8, 4) is 23.2 Å². The maximum Gasteiger partial charge on any atom is 0.165 e. The summed E-state index contributed by atoms with van der Waals surface area (Å²) in [4.78, 5) is 11.0. The lowest BCUT2D eigenvalue weighted by molar-refractivity contribution is 0.373. The van der Waals surface area contributed by atoms with Crippen LogP contribution in [-0.4, -0.2) is 35.0 Å². The smallest absolute Gasteiger partial charge is 0.165 e. The van der Waals surface area contributed by atoms with Gasteiger partial charge in [-0.2, -0.15) is 0 Å². The molecule has 0 radical (unpaired) electrons. The molecule has 0 bridgehead atoms. The van der Waals surface area contributed by atoms with Crippen molar-refractivity contribution in [2.24, 2.45) is 5.41 Å². The number of hydrogen-bond acceptors (Lipinski definition) is 5. The van der Waals surface area contributed by atoms with Crippen molar-refractivity contribution >= 4 is 45.6 Å². The van der Waals surface area contributed by atoms with Gasteiger partial charge in [0, 0.05) is 28.6 Å². The van der Waals surface area contributed by atoms with Crippen molar-refractivity contribution in [1.82, 2.24) is 14.9 Å². The van der Waals surface area contributed by atoms with E-state index in [0.29, 0.717) is 22.2 Å². The molecule has 30 heavy (non-hydrogen) atoms. The van der Waals surface area contributed by atoms with Gasteiger partial charge in [-0.25, -0.2) is 14.4 Å². The van der Waals surface area contributed by atoms with E-state index in [1.54, 1.807) is 12.1 Å². The Kier molecular flexibility index (Phi) is 5.23. The molecule has 1 unspecified atom stereocenters. The standard InChI is InChI=1S/C22H20Cl2FN5/c1-22(7-8-30(2)11-22)6-5-12-9-17-14(10-16(12)26)20(27)29-21(28-17)13-3-4-15(23)18(24)19(13)25/h3-4,9-10H,7-8,11,26H2,1-2H3,(H2,27,28,29). The highest BCUT2D eigenvalue weighted by molar-refractivity contribution is 6.42. The lowest BCUT2D eigenvalue weighted by Crippen LogP contribution is -2.20. The molecule has 5 nitrogen and oxygen atoms in total. The molecule has 4 N–H and O–H groups in total. The van der Waals surface area contributed by atoms with Gasteiger partial charge in [0.2, 0.25) is 0 Å². The second-order valence-corrected chi connectivity index (χ2v) is 8.70.